The Morgan fingerprint density at radius 3 is 2.62 bits per heavy atom. The Morgan fingerprint density at radius 1 is 1.29 bits per heavy atom. The number of rotatable bonds is 5. The second-order valence-corrected chi connectivity index (χ2v) is 5.69. The molecule has 1 aromatic carbocycles. The highest BCUT2D eigenvalue weighted by atomic mass is 32.2. The standard InChI is InChI=1S/C12H12N4O4S/c13-21(19,20)12-5-4-10(16(17)18)7-11(12)15-8-9-3-1-2-6-14-9/h1-7,15H,8H2,(H2,13,19,20). The van der Waals surface area contributed by atoms with E-state index < -0.39 is 14.9 Å². The van der Waals surface area contributed by atoms with Crippen LogP contribution in [0.3, 0.4) is 0 Å². The number of primary sulfonamides is 1. The van der Waals surface area contributed by atoms with E-state index in [1.807, 2.05) is 0 Å². The zero-order chi connectivity index (χ0) is 15.5. The molecule has 0 saturated heterocycles. The summed E-state index contributed by atoms with van der Waals surface area (Å²) in [6.07, 6.45) is 1.59. The van der Waals surface area contributed by atoms with E-state index in [1.165, 1.54) is 0 Å². The second kappa shape index (κ2) is 5.85. The summed E-state index contributed by atoms with van der Waals surface area (Å²) in [4.78, 5) is 14.0. The lowest BCUT2D eigenvalue weighted by atomic mass is 10.2. The quantitative estimate of drug-likeness (QED) is 0.632. The molecule has 0 spiro atoms. The zero-order valence-corrected chi connectivity index (χ0v) is 11.6. The molecule has 0 saturated carbocycles. The van der Waals surface area contributed by atoms with Crippen molar-refractivity contribution < 1.29 is 13.3 Å². The van der Waals surface area contributed by atoms with Crippen molar-refractivity contribution in [3.05, 3.63) is 58.4 Å². The van der Waals surface area contributed by atoms with Crippen LogP contribution in [0.1, 0.15) is 5.69 Å². The Bertz CT molecular complexity index is 762. The first-order valence-corrected chi connectivity index (χ1v) is 7.37. The van der Waals surface area contributed by atoms with Gasteiger partial charge in [-0.1, -0.05) is 6.07 Å². The number of hydrogen-bond donors (Lipinski definition) is 2. The molecule has 1 heterocycles. The van der Waals surface area contributed by atoms with Gasteiger partial charge in [-0.05, 0) is 18.2 Å². The summed E-state index contributed by atoms with van der Waals surface area (Å²) in [6, 6.07) is 8.58. The molecule has 0 unspecified atom stereocenters. The maximum Gasteiger partial charge on any atom is 0.271 e. The molecule has 2 aromatic rings. The first kappa shape index (κ1) is 14.9. The molecule has 110 valence electrons. The Balaban J connectivity index is 2.35. The maximum atomic E-state index is 11.5. The van der Waals surface area contributed by atoms with Gasteiger partial charge in [0.2, 0.25) is 10.0 Å². The molecule has 0 aliphatic heterocycles. The maximum absolute atomic E-state index is 11.5. The third-order valence-corrected chi connectivity index (χ3v) is 3.64. The molecule has 0 atom stereocenters. The van der Waals surface area contributed by atoms with Crippen LogP contribution in [0.2, 0.25) is 0 Å². The van der Waals surface area contributed by atoms with Gasteiger partial charge in [-0.15, -0.1) is 0 Å². The van der Waals surface area contributed by atoms with Crippen LogP contribution in [-0.2, 0) is 16.6 Å². The summed E-state index contributed by atoms with van der Waals surface area (Å²) in [5.41, 5.74) is 0.493. The fraction of sp³-hybridized carbons (Fsp3) is 0.0833. The van der Waals surface area contributed by atoms with E-state index in [1.54, 1.807) is 24.4 Å². The number of sulfonamides is 1. The van der Waals surface area contributed by atoms with Gasteiger partial charge in [0.25, 0.3) is 5.69 Å². The Kier molecular flexibility index (Phi) is 4.15. The Labute approximate surface area is 120 Å². The van der Waals surface area contributed by atoms with Crippen molar-refractivity contribution >= 4 is 21.4 Å². The van der Waals surface area contributed by atoms with E-state index in [2.05, 4.69) is 10.3 Å². The minimum Gasteiger partial charge on any atom is -0.378 e. The fourth-order valence-corrected chi connectivity index (χ4v) is 2.40. The van der Waals surface area contributed by atoms with E-state index in [9.17, 15) is 18.5 Å². The average Bonchev–Trinajstić information content (AvgIpc) is 2.45. The van der Waals surface area contributed by atoms with Gasteiger partial charge < -0.3 is 5.32 Å². The summed E-state index contributed by atoms with van der Waals surface area (Å²) in [6.45, 7) is 0.213. The molecule has 0 radical (unpaired) electrons. The molecular weight excluding hydrogens is 296 g/mol. The molecule has 9 heteroatoms. The predicted molar refractivity (Wildman–Crippen MR) is 76.0 cm³/mol. The van der Waals surface area contributed by atoms with Gasteiger partial charge in [0.05, 0.1) is 22.8 Å². The van der Waals surface area contributed by atoms with Crippen LogP contribution in [0.25, 0.3) is 0 Å². The lowest BCUT2D eigenvalue weighted by Crippen LogP contribution is -2.15. The van der Waals surface area contributed by atoms with Crippen LogP contribution in [0.5, 0.6) is 0 Å². The number of nitro groups is 1. The highest BCUT2D eigenvalue weighted by Gasteiger charge is 2.18. The van der Waals surface area contributed by atoms with Crippen LogP contribution in [0.4, 0.5) is 11.4 Å². The van der Waals surface area contributed by atoms with E-state index >= 15 is 0 Å². The summed E-state index contributed by atoms with van der Waals surface area (Å²) in [5.74, 6) is 0. The highest BCUT2D eigenvalue weighted by molar-refractivity contribution is 7.89. The Hall–Kier alpha value is -2.52. The number of anilines is 1. The predicted octanol–water partition coefficient (Wildman–Crippen LogP) is 1.25. The lowest BCUT2D eigenvalue weighted by molar-refractivity contribution is -0.384. The first-order chi connectivity index (χ1) is 9.88. The second-order valence-electron chi connectivity index (χ2n) is 4.16. The molecule has 0 aliphatic carbocycles. The van der Waals surface area contributed by atoms with Crippen LogP contribution in [0.15, 0.2) is 47.5 Å². The van der Waals surface area contributed by atoms with Crippen LogP contribution >= 0.6 is 0 Å². The number of nitrogens with zero attached hydrogens (tertiary/aromatic N) is 2. The van der Waals surface area contributed by atoms with Crippen molar-refractivity contribution in [1.82, 2.24) is 4.98 Å². The third-order valence-electron chi connectivity index (χ3n) is 2.67. The van der Waals surface area contributed by atoms with Gasteiger partial charge in [0.15, 0.2) is 0 Å². The average molecular weight is 308 g/mol. The van der Waals surface area contributed by atoms with Gasteiger partial charge in [0.1, 0.15) is 4.90 Å². The molecule has 0 aliphatic rings. The molecule has 3 N–H and O–H groups in total. The summed E-state index contributed by atoms with van der Waals surface area (Å²) >= 11 is 0. The summed E-state index contributed by atoms with van der Waals surface area (Å²) in [5, 5.41) is 18.7. The smallest absolute Gasteiger partial charge is 0.271 e. The number of aromatic nitrogens is 1. The highest BCUT2D eigenvalue weighted by Crippen LogP contribution is 2.25. The van der Waals surface area contributed by atoms with Crippen molar-refractivity contribution in [3.8, 4) is 0 Å². The van der Waals surface area contributed by atoms with Crippen LogP contribution in [0, 0.1) is 10.1 Å². The number of hydrogen-bond acceptors (Lipinski definition) is 6. The molecule has 21 heavy (non-hydrogen) atoms. The van der Waals surface area contributed by atoms with Gasteiger partial charge in [-0.2, -0.15) is 0 Å². The monoisotopic (exact) mass is 308 g/mol. The van der Waals surface area contributed by atoms with Crippen LogP contribution < -0.4 is 10.5 Å². The summed E-state index contributed by atoms with van der Waals surface area (Å²) in [7, 11) is -3.99. The third kappa shape index (κ3) is 3.74. The number of nitrogens with two attached hydrogens (primary N) is 1. The van der Waals surface area contributed by atoms with E-state index in [-0.39, 0.29) is 22.8 Å². The lowest BCUT2D eigenvalue weighted by Gasteiger charge is -2.10. The van der Waals surface area contributed by atoms with Crippen molar-refractivity contribution in [1.29, 1.82) is 0 Å². The number of pyridine rings is 1. The minimum absolute atomic E-state index is 0.0670. The van der Waals surface area contributed by atoms with E-state index in [4.69, 9.17) is 5.14 Å². The SMILES string of the molecule is NS(=O)(=O)c1ccc([N+](=O)[O-])cc1NCc1ccccn1. The molecule has 0 bridgehead atoms. The van der Waals surface area contributed by atoms with E-state index in [0.29, 0.717) is 5.69 Å². The summed E-state index contributed by atoms with van der Waals surface area (Å²) < 4.78 is 23.0. The number of nitrogens with one attached hydrogen (secondary N) is 1. The van der Waals surface area contributed by atoms with Gasteiger partial charge in [-0.25, -0.2) is 13.6 Å². The molecule has 0 fully saturated rings. The van der Waals surface area contributed by atoms with Crippen molar-refractivity contribution in [3.63, 3.8) is 0 Å². The van der Waals surface area contributed by atoms with Crippen molar-refractivity contribution in [2.24, 2.45) is 5.14 Å². The molecule has 8 nitrogen and oxygen atoms in total. The molecular formula is C12H12N4O4S. The largest absolute Gasteiger partial charge is 0.378 e. The minimum atomic E-state index is -3.99. The number of benzene rings is 1. The Morgan fingerprint density at radius 2 is 2.05 bits per heavy atom. The molecule has 2 rings (SSSR count). The normalized spacial score (nSPS) is 11.1. The molecule has 0 amide bonds. The zero-order valence-electron chi connectivity index (χ0n) is 10.8. The first-order valence-electron chi connectivity index (χ1n) is 5.83. The number of non-ortho nitro benzene ring substituents is 1. The van der Waals surface area contributed by atoms with E-state index in [0.717, 1.165) is 18.2 Å². The van der Waals surface area contributed by atoms with Gasteiger partial charge in [-0.3, -0.25) is 15.1 Å². The van der Waals surface area contributed by atoms with Gasteiger partial charge in [0, 0.05) is 18.3 Å². The topological polar surface area (TPSA) is 128 Å². The van der Waals surface area contributed by atoms with Crippen LogP contribution in [-0.4, -0.2) is 18.3 Å². The fourth-order valence-electron chi connectivity index (χ4n) is 1.71. The molecule has 1 aromatic heterocycles. The van der Waals surface area contributed by atoms with Crippen molar-refractivity contribution in [2.45, 2.75) is 11.4 Å². The van der Waals surface area contributed by atoms with Crippen molar-refractivity contribution in [2.75, 3.05) is 5.32 Å². The number of nitro benzene ring substituents is 1. The van der Waals surface area contributed by atoms with Gasteiger partial charge >= 0.3 is 0 Å².